The Morgan fingerprint density at radius 3 is 2.40 bits per heavy atom. The van der Waals surface area contributed by atoms with E-state index < -0.39 is 6.69 Å². The van der Waals surface area contributed by atoms with Crippen molar-refractivity contribution < 1.29 is 0 Å². The lowest BCUT2D eigenvalue weighted by Gasteiger charge is -2.26. The lowest BCUT2D eigenvalue weighted by atomic mass is 9.88. The molecular formula is C17H26Cl2Si. The summed E-state index contributed by atoms with van der Waals surface area (Å²) in [7, 11) is 0. The summed E-state index contributed by atoms with van der Waals surface area (Å²) in [5.74, 6) is 1.37. The maximum atomic E-state index is 6.70. The average Bonchev–Trinajstić information content (AvgIpc) is 2.47. The van der Waals surface area contributed by atoms with Crippen LogP contribution in [-0.4, -0.2) is 6.69 Å². The van der Waals surface area contributed by atoms with Gasteiger partial charge in [0.15, 0.2) is 0 Å². The van der Waals surface area contributed by atoms with Crippen molar-refractivity contribution in [2.45, 2.75) is 63.5 Å². The lowest BCUT2D eigenvalue weighted by molar-refractivity contribution is 0.349. The predicted molar refractivity (Wildman–Crippen MR) is 93.1 cm³/mol. The van der Waals surface area contributed by atoms with E-state index >= 15 is 0 Å². The third kappa shape index (κ3) is 5.42. The van der Waals surface area contributed by atoms with E-state index in [9.17, 15) is 0 Å². The summed E-state index contributed by atoms with van der Waals surface area (Å²) in [5.41, 5.74) is 1.36. The van der Waals surface area contributed by atoms with Crippen molar-refractivity contribution in [1.82, 2.24) is 0 Å². The molecule has 0 heterocycles. The number of benzene rings is 1. The lowest BCUT2D eigenvalue weighted by Crippen LogP contribution is -2.23. The molecule has 0 amide bonds. The Morgan fingerprint density at radius 1 is 1.10 bits per heavy atom. The van der Waals surface area contributed by atoms with Gasteiger partial charge in [-0.3, -0.25) is 0 Å². The minimum Gasteiger partial charge on any atom is -0.146 e. The third-order valence-electron chi connectivity index (χ3n) is 4.62. The van der Waals surface area contributed by atoms with E-state index in [0.29, 0.717) is 5.92 Å². The van der Waals surface area contributed by atoms with E-state index in [2.05, 4.69) is 37.3 Å². The SMILES string of the molecule is CC(C[Si](Cl)(Cl)CCC1CCCCC1)c1ccccc1. The minimum atomic E-state index is -2.09. The monoisotopic (exact) mass is 328 g/mol. The Bertz CT molecular complexity index is 385. The molecule has 0 nitrogen and oxygen atoms in total. The van der Waals surface area contributed by atoms with Gasteiger partial charge in [0.1, 0.15) is 0 Å². The Kier molecular flexibility index (Phi) is 6.44. The fourth-order valence-corrected chi connectivity index (χ4v) is 7.55. The fraction of sp³-hybridized carbons (Fsp3) is 0.647. The van der Waals surface area contributed by atoms with E-state index in [1.807, 2.05) is 0 Å². The van der Waals surface area contributed by atoms with Crippen LogP contribution in [0.3, 0.4) is 0 Å². The summed E-state index contributed by atoms with van der Waals surface area (Å²) in [6, 6.07) is 12.7. The van der Waals surface area contributed by atoms with Crippen molar-refractivity contribution >= 4 is 28.9 Å². The molecule has 0 N–H and O–H groups in total. The zero-order chi connectivity index (χ0) is 14.4. The summed E-state index contributed by atoms with van der Waals surface area (Å²) < 4.78 is 0. The first-order valence-electron chi connectivity index (χ1n) is 7.99. The van der Waals surface area contributed by atoms with Crippen molar-refractivity contribution in [1.29, 1.82) is 0 Å². The smallest absolute Gasteiger partial charge is 0.146 e. The molecule has 0 saturated heterocycles. The molecule has 1 aromatic carbocycles. The van der Waals surface area contributed by atoms with Crippen LogP contribution in [0.15, 0.2) is 30.3 Å². The van der Waals surface area contributed by atoms with Gasteiger partial charge in [0, 0.05) is 0 Å². The molecule has 2 rings (SSSR count). The van der Waals surface area contributed by atoms with Crippen LogP contribution in [0.1, 0.15) is 56.9 Å². The van der Waals surface area contributed by atoms with Gasteiger partial charge in [-0.25, -0.2) is 0 Å². The molecular weight excluding hydrogens is 303 g/mol. The van der Waals surface area contributed by atoms with Gasteiger partial charge in [0.25, 0.3) is 6.69 Å². The molecule has 1 aromatic rings. The molecule has 1 unspecified atom stereocenters. The molecule has 1 saturated carbocycles. The van der Waals surface area contributed by atoms with Crippen LogP contribution in [0, 0.1) is 5.92 Å². The first-order chi connectivity index (χ1) is 9.57. The molecule has 112 valence electrons. The number of halogens is 2. The van der Waals surface area contributed by atoms with Crippen LogP contribution < -0.4 is 0 Å². The van der Waals surface area contributed by atoms with Gasteiger partial charge in [0.2, 0.25) is 0 Å². The predicted octanol–water partition coefficient (Wildman–Crippen LogP) is 6.68. The highest BCUT2D eigenvalue weighted by Gasteiger charge is 2.31. The zero-order valence-corrected chi connectivity index (χ0v) is 15.0. The Hall–Kier alpha value is 0.0169. The summed E-state index contributed by atoms with van der Waals surface area (Å²) >= 11 is 13.4. The summed E-state index contributed by atoms with van der Waals surface area (Å²) in [5, 5.41) is 0. The van der Waals surface area contributed by atoms with Gasteiger partial charge < -0.3 is 0 Å². The summed E-state index contributed by atoms with van der Waals surface area (Å²) in [6.07, 6.45) is 8.28. The van der Waals surface area contributed by atoms with Crippen molar-refractivity contribution in [2.75, 3.05) is 0 Å². The average molecular weight is 329 g/mol. The Balaban J connectivity index is 1.80. The number of hydrogen-bond donors (Lipinski definition) is 0. The molecule has 0 aliphatic heterocycles. The molecule has 0 bridgehead atoms. The Morgan fingerprint density at radius 2 is 1.75 bits per heavy atom. The minimum absolute atomic E-state index is 0.476. The van der Waals surface area contributed by atoms with E-state index in [1.165, 1.54) is 44.1 Å². The van der Waals surface area contributed by atoms with Crippen molar-refractivity contribution in [3.05, 3.63) is 35.9 Å². The quantitative estimate of drug-likeness (QED) is 0.403. The molecule has 0 spiro atoms. The van der Waals surface area contributed by atoms with Gasteiger partial charge >= 0.3 is 0 Å². The summed E-state index contributed by atoms with van der Waals surface area (Å²) in [4.78, 5) is 0. The third-order valence-corrected chi connectivity index (χ3v) is 8.91. The van der Waals surface area contributed by atoms with Crippen LogP contribution in [0.5, 0.6) is 0 Å². The highest BCUT2D eigenvalue weighted by molar-refractivity contribution is 7.45. The van der Waals surface area contributed by atoms with E-state index in [-0.39, 0.29) is 0 Å². The Labute approximate surface area is 134 Å². The largest absolute Gasteiger partial charge is 0.251 e. The van der Waals surface area contributed by atoms with E-state index in [0.717, 1.165) is 18.0 Å². The van der Waals surface area contributed by atoms with Crippen LogP contribution >= 0.6 is 22.2 Å². The second-order valence-electron chi connectivity index (χ2n) is 6.41. The molecule has 20 heavy (non-hydrogen) atoms. The molecule has 1 aliphatic carbocycles. The van der Waals surface area contributed by atoms with Gasteiger partial charge in [0.05, 0.1) is 0 Å². The van der Waals surface area contributed by atoms with Crippen molar-refractivity contribution in [3.63, 3.8) is 0 Å². The fourth-order valence-electron chi connectivity index (χ4n) is 3.34. The highest BCUT2D eigenvalue weighted by atomic mass is 35.7. The van der Waals surface area contributed by atoms with Crippen LogP contribution in [0.25, 0.3) is 0 Å². The first kappa shape index (κ1) is 16.4. The standard InChI is InChI=1S/C17H26Cl2Si/c1-15(17-10-6-3-7-11-17)14-20(18,19)13-12-16-8-4-2-5-9-16/h3,6-7,10-11,15-16H,2,4-5,8-9,12-14H2,1H3. The maximum Gasteiger partial charge on any atom is 0.251 e. The van der Waals surface area contributed by atoms with E-state index in [4.69, 9.17) is 22.2 Å². The van der Waals surface area contributed by atoms with Crippen LogP contribution in [0.4, 0.5) is 0 Å². The highest BCUT2D eigenvalue weighted by Crippen LogP contribution is 2.38. The molecule has 1 fully saturated rings. The number of hydrogen-bond acceptors (Lipinski definition) is 0. The van der Waals surface area contributed by atoms with Crippen molar-refractivity contribution in [2.24, 2.45) is 5.92 Å². The van der Waals surface area contributed by atoms with Gasteiger partial charge in [-0.05, 0) is 29.5 Å². The second kappa shape index (κ2) is 7.86. The topological polar surface area (TPSA) is 0 Å². The molecule has 3 heteroatoms. The van der Waals surface area contributed by atoms with E-state index in [1.54, 1.807) is 0 Å². The zero-order valence-electron chi connectivity index (χ0n) is 12.5. The second-order valence-corrected chi connectivity index (χ2v) is 14.0. The normalized spacial score (nSPS) is 18.9. The molecule has 0 radical (unpaired) electrons. The molecule has 0 aromatic heterocycles. The molecule has 1 aliphatic rings. The first-order valence-corrected chi connectivity index (χ1v) is 12.4. The molecule has 1 atom stereocenters. The van der Waals surface area contributed by atoms with Gasteiger partial charge in [-0.2, -0.15) is 0 Å². The maximum absolute atomic E-state index is 6.70. The summed E-state index contributed by atoms with van der Waals surface area (Å²) in [6.45, 7) is 0.164. The number of rotatable bonds is 6. The van der Waals surface area contributed by atoms with Crippen LogP contribution in [-0.2, 0) is 0 Å². The van der Waals surface area contributed by atoms with Gasteiger partial charge in [-0.1, -0.05) is 75.8 Å². The van der Waals surface area contributed by atoms with Crippen LogP contribution in [0.2, 0.25) is 12.1 Å². The van der Waals surface area contributed by atoms with Crippen molar-refractivity contribution in [3.8, 4) is 0 Å². The van der Waals surface area contributed by atoms with Gasteiger partial charge in [-0.15, -0.1) is 22.2 Å².